The Hall–Kier alpha value is -3.59. The zero-order chi connectivity index (χ0) is 27.1. The maximum absolute atomic E-state index is 13.7. The van der Waals surface area contributed by atoms with Crippen LogP contribution >= 0.6 is 0 Å². The molecule has 2 aromatic carbocycles. The van der Waals surface area contributed by atoms with Crippen molar-refractivity contribution in [3.63, 3.8) is 0 Å². The second kappa shape index (κ2) is 12.6. The number of hydrazone groups is 1. The summed E-state index contributed by atoms with van der Waals surface area (Å²) in [5.74, 6) is 0.896. The van der Waals surface area contributed by atoms with Crippen LogP contribution < -0.4 is 14.8 Å². The lowest BCUT2D eigenvalue weighted by atomic mass is 9.96. The molecule has 37 heavy (non-hydrogen) atoms. The van der Waals surface area contributed by atoms with Gasteiger partial charge in [0.1, 0.15) is 6.54 Å². The fourth-order valence-corrected chi connectivity index (χ4v) is 4.18. The standard InChI is InChI=1S/C28H38N4O5/c1-18(2)29-28(34)31(12-13-35-5)17-27(33)32-24(22-10-11-25(36-6)26(15-22)37-7)16-23(30-32)21-9-8-19(3)20(4)14-21/h8-11,14-15,18,24H,12-13,16-17H2,1-7H3,(H,29,34)/t24-/m0/s1. The van der Waals surface area contributed by atoms with E-state index < -0.39 is 0 Å². The van der Waals surface area contributed by atoms with Crippen LogP contribution in [0.1, 0.15) is 48.6 Å². The molecule has 0 unspecified atom stereocenters. The molecular weight excluding hydrogens is 472 g/mol. The number of ether oxygens (including phenoxy) is 3. The first-order valence-electron chi connectivity index (χ1n) is 12.4. The first-order chi connectivity index (χ1) is 17.7. The molecule has 3 amide bonds. The number of hydrogen-bond acceptors (Lipinski definition) is 6. The van der Waals surface area contributed by atoms with Crippen molar-refractivity contribution in [1.29, 1.82) is 0 Å². The Morgan fingerprint density at radius 2 is 1.78 bits per heavy atom. The Labute approximate surface area is 219 Å². The normalized spacial score (nSPS) is 15.0. The number of carbonyl (C=O) groups is 2. The highest BCUT2D eigenvalue weighted by Crippen LogP contribution is 2.37. The molecule has 3 rings (SSSR count). The molecule has 200 valence electrons. The summed E-state index contributed by atoms with van der Waals surface area (Å²) in [7, 11) is 4.73. The van der Waals surface area contributed by atoms with Gasteiger partial charge in [0.25, 0.3) is 5.91 Å². The Bertz CT molecular complexity index is 1150. The average molecular weight is 511 g/mol. The molecular formula is C28H38N4O5. The Balaban J connectivity index is 1.96. The van der Waals surface area contributed by atoms with Gasteiger partial charge in [-0.15, -0.1) is 0 Å². The van der Waals surface area contributed by atoms with Crippen molar-refractivity contribution in [3.05, 3.63) is 58.7 Å². The lowest BCUT2D eigenvalue weighted by Crippen LogP contribution is -2.48. The smallest absolute Gasteiger partial charge is 0.318 e. The first kappa shape index (κ1) is 28.0. The molecule has 0 aliphatic carbocycles. The van der Waals surface area contributed by atoms with E-state index in [2.05, 4.69) is 31.3 Å². The molecule has 0 saturated carbocycles. The molecule has 0 spiro atoms. The Morgan fingerprint density at radius 1 is 1.05 bits per heavy atom. The van der Waals surface area contributed by atoms with E-state index in [9.17, 15) is 9.59 Å². The molecule has 0 bridgehead atoms. The van der Waals surface area contributed by atoms with E-state index >= 15 is 0 Å². The van der Waals surface area contributed by atoms with E-state index in [-0.39, 0.29) is 37.1 Å². The first-order valence-corrected chi connectivity index (χ1v) is 12.4. The summed E-state index contributed by atoms with van der Waals surface area (Å²) in [6, 6.07) is 11.1. The molecule has 9 heteroatoms. The van der Waals surface area contributed by atoms with Crippen LogP contribution in [0.15, 0.2) is 41.5 Å². The van der Waals surface area contributed by atoms with Crippen LogP contribution in [0, 0.1) is 13.8 Å². The van der Waals surface area contributed by atoms with Gasteiger partial charge in [-0.3, -0.25) is 4.79 Å². The van der Waals surface area contributed by atoms with Crippen LogP contribution in [-0.2, 0) is 9.53 Å². The molecule has 0 fully saturated rings. The van der Waals surface area contributed by atoms with Crippen molar-refractivity contribution in [2.45, 2.75) is 46.2 Å². The third-order valence-electron chi connectivity index (χ3n) is 6.39. The molecule has 1 N–H and O–H groups in total. The van der Waals surface area contributed by atoms with Crippen molar-refractivity contribution in [2.75, 3.05) is 41.0 Å². The highest BCUT2D eigenvalue weighted by Gasteiger charge is 2.35. The molecule has 2 aromatic rings. The minimum absolute atomic E-state index is 0.0617. The van der Waals surface area contributed by atoms with E-state index in [0.717, 1.165) is 22.4 Å². The SMILES string of the molecule is COCCN(CC(=O)N1N=C(c2ccc(C)c(C)c2)C[C@H]1c1ccc(OC)c(OC)c1)C(=O)NC(C)C. The van der Waals surface area contributed by atoms with Crippen LogP contribution in [0.5, 0.6) is 11.5 Å². The van der Waals surface area contributed by atoms with E-state index in [1.54, 1.807) is 21.3 Å². The third-order valence-corrected chi connectivity index (χ3v) is 6.39. The van der Waals surface area contributed by atoms with Gasteiger partial charge < -0.3 is 24.4 Å². The molecule has 9 nitrogen and oxygen atoms in total. The summed E-state index contributed by atoms with van der Waals surface area (Å²) in [6.45, 7) is 8.34. The number of rotatable bonds is 10. The fraction of sp³-hybridized carbons (Fsp3) is 0.464. The van der Waals surface area contributed by atoms with E-state index in [1.807, 2.05) is 38.1 Å². The third kappa shape index (κ3) is 6.80. The van der Waals surface area contributed by atoms with Gasteiger partial charge in [0.2, 0.25) is 0 Å². The van der Waals surface area contributed by atoms with Gasteiger partial charge in [0.15, 0.2) is 11.5 Å². The summed E-state index contributed by atoms with van der Waals surface area (Å²) in [5, 5.41) is 9.13. The predicted octanol–water partition coefficient (Wildman–Crippen LogP) is 4.06. The van der Waals surface area contributed by atoms with Crippen molar-refractivity contribution < 1.29 is 23.8 Å². The zero-order valence-corrected chi connectivity index (χ0v) is 22.8. The van der Waals surface area contributed by atoms with Crippen LogP contribution in [0.3, 0.4) is 0 Å². The number of carbonyl (C=O) groups excluding carboxylic acids is 2. The maximum Gasteiger partial charge on any atom is 0.318 e. The molecule has 1 aliphatic heterocycles. The number of aryl methyl sites for hydroxylation is 2. The topological polar surface area (TPSA) is 92.7 Å². The van der Waals surface area contributed by atoms with Crippen molar-refractivity contribution in [1.82, 2.24) is 15.2 Å². The van der Waals surface area contributed by atoms with Gasteiger partial charge in [-0.25, -0.2) is 9.80 Å². The van der Waals surface area contributed by atoms with E-state index in [0.29, 0.717) is 24.5 Å². The van der Waals surface area contributed by atoms with Gasteiger partial charge in [-0.1, -0.05) is 18.2 Å². The molecule has 1 heterocycles. The summed E-state index contributed by atoms with van der Waals surface area (Å²) < 4.78 is 16.1. The largest absolute Gasteiger partial charge is 0.493 e. The van der Waals surface area contributed by atoms with Crippen LogP contribution in [0.2, 0.25) is 0 Å². The van der Waals surface area contributed by atoms with Crippen LogP contribution in [0.25, 0.3) is 0 Å². The lowest BCUT2D eigenvalue weighted by Gasteiger charge is -2.28. The molecule has 0 saturated heterocycles. The lowest BCUT2D eigenvalue weighted by molar-refractivity contribution is -0.133. The number of amides is 3. The quantitative estimate of drug-likeness (QED) is 0.520. The number of benzene rings is 2. The number of nitrogens with one attached hydrogen (secondary N) is 1. The molecule has 1 atom stereocenters. The van der Waals surface area contributed by atoms with Gasteiger partial charge in [0.05, 0.1) is 32.6 Å². The highest BCUT2D eigenvalue weighted by molar-refractivity contribution is 6.03. The minimum atomic E-state index is -0.360. The highest BCUT2D eigenvalue weighted by atomic mass is 16.5. The molecule has 0 radical (unpaired) electrons. The number of hydrogen-bond donors (Lipinski definition) is 1. The van der Waals surface area contributed by atoms with Crippen LogP contribution in [-0.4, -0.2) is 74.6 Å². The minimum Gasteiger partial charge on any atom is -0.493 e. The summed E-state index contributed by atoms with van der Waals surface area (Å²) in [5.41, 5.74) is 4.99. The Morgan fingerprint density at radius 3 is 2.41 bits per heavy atom. The second-order valence-corrected chi connectivity index (χ2v) is 9.44. The van der Waals surface area contributed by atoms with E-state index in [4.69, 9.17) is 19.3 Å². The van der Waals surface area contributed by atoms with Gasteiger partial charge >= 0.3 is 6.03 Å². The molecule has 1 aliphatic rings. The van der Waals surface area contributed by atoms with E-state index in [1.165, 1.54) is 15.5 Å². The predicted molar refractivity (Wildman–Crippen MR) is 143 cm³/mol. The molecule has 0 aromatic heterocycles. The maximum atomic E-state index is 13.7. The monoisotopic (exact) mass is 510 g/mol. The summed E-state index contributed by atoms with van der Waals surface area (Å²) in [6.07, 6.45) is 0.528. The number of nitrogens with zero attached hydrogens (tertiary/aromatic N) is 3. The Kier molecular flexibility index (Phi) is 9.52. The van der Waals surface area contributed by atoms with Gasteiger partial charge in [-0.2, -0.15) is 5.10 Å². The van der Waals surface area contributed by atoms with Gasteiger partial charge in [0, 0.05) is 26.1 Å². The summed E-state index contributed by atoms with van der Waals surface area (Å²) >= 11 is 0. The average Bonchev–Trinajstić information content (AvgIpc) is 3.32. The van der Waals surface area contributed by atoms with Crippen LogP contribution in [0.4, 0.5) is 4.79 Å². The van der Waals surface area contributed by atoms with Crippen molar-refractivity contribution in [2.24, 2.45) is 5.10 Å². The van der Waals surface area contributed by atoms with Gasteiger partial charge in [-0.05, 0) is 68.1 Å². The fourth-order valence-electron chi connectivity index (χ4n) is 4.18. The number of methoxy groups -OCH3 is 3. The summed E-state index contributed by atoms with van der Waals surface area (Å²) in [4.78, 5) is 27.9. The second-order valence-electron chi connectivity index (χ2n) is 9.44. The zero-order valence-electron chi connectivity index (χ0n) is 22.8. The van der Waals surface area contributed by atoms with Crippen molar-refractivity contribution >= 4 is 17.6 Å². The number of urea groups is 1. The van der Waals surface area contributed by atoms with Crippen molar-refractivity contribution in [3.8, 4) is 11.5 Å².